The van der Waals surface area contributed by atoms with Gasteiger partial charge in [0.05, 0.1) is 32.8 Å². The highest BCUT2D eigenvalue weighted by Gasteiger charge is 2.35. The van der Waals surface area contributed by atoms with E-state index in [1.807, 2.05) is 12.1 Å². The van der Waals surface area contributed by atoms with Gasteiger partial charge in [0.1, 0.15) is 0 Å². The molecule has 0 fully saturated rings. The van der Waals surface area contributed by atoms with E-state index < -0.39 is 42.6 Å². The van der Waals surface area contributed by atoms with Crippen LogP contribution in [0.2, 0.25) is 5.28 Å². The number of aromatic nitrogens is 4. The molecule has 238 valence electrons. The zero-order chi connectivity index (χ0) is 31.8. The SMILES string of the molecule is CNc1nc(Cl)nc2c1ncn2CC(COP(=O)(O)OP(=O)(O)O)COP(=O)(OCc1ccccc1)OCc1ccccc1. The first-order chi connectivity index (χ1) is 20.8. The Balaban J connectivity index is 1.57. The number of hydrogen-bond donors (Lipinski definition) is 4. The Bertz CT molecular complexity index is 1630. The molecular weight excluding hydrogens is 663 g/mol. The first-order valence-corrected chi connectivity index (χ1v) is 17.6. The molecule has 4 aromatic rings. The van der Waals surface area contributed by atoms with Crippen LogP contribution in [0.3, 0.4) is 0 Å². The van der Waals surface area contributed by atoms with Crippen molar-refractivity contribution < 1.29 is 50.8 Å². The normalized spacial score (nSPS) is 14.4. The molecule has 2 unspecified atom stereocenters. The molecule has 2 aromatic carbocycles. The van der Waals surface area contributed by atoms with E-state index in [-0.39, 0.29) is 30.7 Å². The molecule has 2 atom stereocenters. The molecule has 16 nitrogen and oxygen atoms in total. The van der Waals surface area contributed by atoms with Crippen molar-refractivity contribution in [1.29, 1.82) is 0 Å². The van der Waals surface area contributed by atoms with Gasteiger partial charge in [-0.3, -0.25) is 18.1 Å². The van der Waals surface area contributed by atoms with Crippen LogP contribution in [0.5, 0.6) is 0 Å². The van der Waals surface area contributed by atoms with E-state index in [4.69, 9.17) is 39.5 Å². The fraction of sp³-hybridized carbons (Fsp3) is 0.292. The zero-order valence-electron chi connectivity index (χ0n) is 23.1. The van der Waals surface area contributed by atoms with Gasteiger partial charge in [-0.1, -0.05) is 60.7 Å². The Morgan fingerprint density at radius 2 is 1.43 bits per heavy atom. The van der Waals surface area contributed by atoms with Crippen molar-refractivity contribution in [2.75, 3.05) is 25.6 Å². The van der Waals surface area contributed by atoms with Crippen molar-refractivity contribution in [3.8, 4) is 0 Å². The van der Waals surface area contributed by atoms with Gasteiger partial charge in [0, 0.05) is 19.5 Å². The number of phosphoric ester groups is 2. The van der Waals surface area contributed by atoms with Crippen LogP contribution in [0, 0.1) is 5.92 Å². The minimum atomic E-state index is -5.38. The number of nitrogens with zero attached hydrogens (tertiary/aromatic N) is 4. The number of anilines is 1. The quantitative estimate of drug-likeness (QED) is 0.0854. The molecule has 20 heteroatoms. The van der Waals surface area contributed by atoms with Gasteiger partial charge in [-0.05, 0) is 22.7 Å². The molecule has 4 rings (SSSR count). The molecule has 4 N–H and O–H groups in total. The number of hydrogen-bond acceptors (Lipinski definition) is 12. The van der Waals surface area contributed by atoms with Crippen LogP contribution in [-0.4, -0.2) is 54.5 Å². The molecule has 2 aromatic heterocycles. The third kappa shape index (κ3) is 10.5. The van der Waals surface area contributed by atoms with Gasteiger partial charge in [0.15, 0.2) is 17.0 Å². The minimum Gasteiger partial charge on any atom is -0.371 e. The topological polar surface area (TPSA) is 214 Å². The summed E-state index contributed by atoms with van der Waals surface area (Å²) in [5.41, 5.74) is 2.02. The van der Waals surface area contributed by atoms with Crippen molar-refractivity contribution in [3.63, 3.8) is 0 Å². The molecular formula is C24H29ClN5O11P3. The number of imidazole rings is 1. The Morgan fingerprint density at radius 3 is 1.98 bits per heavy atom. The van der Waals surface area contributed by atoms with E-state index in [1.54, 1.807) is 55.6 Å². The molecule has 0 amide bonds. The molecule has 0 aliphatic carbocycles. The smallest absolute Gasteiger partial charge is 0.371 e. The van der Waals surface area contributed by atoms with E-state index in [2.05, 4.69) is 24.6 Å². The standard InChI is InChI=1S/C24H29ClN5O11P3/c1-26-22-21-23(29-24(25)28-22)30(17-27-21)12-20(15-37-43(34,35)41-42(31,32)33)16-40-44(36,38-13-18-8-4-2-5-9-18)39-14-19-10-6-3-7-11-19/h2-11,17,20H,12-16H2,1H3,(H,34,35)(H,26,28,29)(H2,31,32,33). The van der Waals surface area contributed by atoms with E-state index in [0.29, 0.717) is 22.5 Å². The maximum absolute atomic E-state index is 13.8. The average Bonchev–Trinajstić information content (AvgIpc) is 3.38. The molecule has 0 radical (unpaired) electrons. The van der Waals surface area contributed by atoms with Gasteiger partial charge in [-0.2, -0.15) is 14.3 Å². The lowest BCUT2D eigenvalue weighted by Crippen LogP contribution is -2.22. The van der Waals surface area contributed by atoms with Crippen LogP contribution in [0.1, 0.15) is 11.1 Å². The van der Waals surface area contributed by atoms with E-state index in [9.17, 15) is 18.6 Å². The first-order valence-electron chi connectivity index (χ1n) is 12.8. The Morgan fingerprint density at radius 1 is 0.864 bits per heavy atom. The third-order valence-corrected chi connectivity index (χ3v) is 9.42. The number of rotatable bonds is 17. The predicted octanol–water partition coefficient (Wildman–Crippen LogP) is 4.92. The van der Waals surface area contributed by atoms with Crippen LogP contribution in [-0.2, 0) is 55.9 Å². The molecule has 0 aliphatic rings. The molecule has 0 saturated heterocycles. The monoisotopic (exact) mass is 691 g/mol. The molecule has 44 heavy (non-hydrogen) atoms. The number of phosphoric acid groups is 3. The summed E-state index contributed by atoms with van der Waals surface area (Å²) in [5, 5.41) is 2.77. The largest absolute Gasteiger partial charge is 0.481 e. The summed E-state index contributed by atoms with van der Waals surface area (Å²) >= 11 is 6.06. The maximum atomic E-state index is 13.8. The van der Waals surface area contributed by atoms with E-state index in [0.717, 1.165) is 0 Å². The summed E-state index contributed by atoms with van der Waals surface area (Å²) in [4.78, 5) is 40.3. The second-order valence-electron chi connectivity index (χ2n) is 9.12. The Labute approximate surface area is 256 Å². The zero-order valence-corrected chi connectivity index (χ0v) is 26.5. The van der Waals surface area contributed by atoms with Gasteiger partial charge in [0.2, 0.25) is 5.28 Å². The summed E-state index contributed by atoms with van der Waals surface area (Å²) in [6, 6.07) is 17.8. The fourth-order valence-corrected chi connectivity index (χ4v) is 6.84. The van der Waals surface area contributed by atoms with Crippen LogP contribution in [0.4, 0.5) is 5.82 Å². The van der Waals surface area contributed by atoms with Gasteiger partial charge < -0.3 is 24.6 Å². The van der Waals surface area contributed by atoms with Gasteiger partial charge >= 0.3 is 23.5 Å². The summed E-state index contributed by atoms with van der Waals surface area (Å²) in [6.07, 6.45) is 1.39. The number of halogens is 1. The van der Waals surface area contributed by atoms with Crippen molar-refractivity contribution in [1.82, 2.24) is 19.5 Å². The van der Waals surface area contributed by atoms with Crippen LogP contribution in [0.25, 0.3) is 11.2 Å². The third-order valence-electron chi connectivity index (χ3n) is 5.74. The van der Waals surface area contributed by atoms with E-state index >= 15 is 0 Å². The van der Waals surface area contributed by atoms with Crippen molar-refractivity contribution in [2.24, 2.45) is 5.92 Å². The Hall–Kier alpha value is -2.55. The first kappa shape index (κ1) is 34.3. The summed E-state index contributed by atoms with van der Waals surface area (Å²) < 4.78 is 64.3. The predicted molar refractivity (Wildman–Crippen MR) is 158 cm³/mol. The van der Waals surface area contributed by atoms with E-state index in [1.165, 1.54) is 10.9 Å². The van der Waals surface area contributed by atoms with Crippen LogP contribution >= 0.6 is 35.1 Å². The van der Waals surface area contributed by atoms with Crippen molar-refractivity contribution in [3.05, 3.63) is 83.4 Å². The van der Waals surface area contributed by atoms with Crippen molar-refractivity contribution in [2.45, 2.75) is 19.8 Å². The lowest BCUT2D eigenvalue weighted by Gasteiger charge is -2.23. The fourth-order valence-electron chi connectivity index (χ4n) is 3.78. The molecule has 0 saturated carbocycles. The molecule has 0 aliphatic heterocycles. The highest BCUT2D eigenvalue weighted by Crippen LogP contribution is 2.58. The van der Waals surface area contributed by atoms with Crippen molar-refractivity contribution >= 4 is 52.1 Å². The molecule has 0 bridgehead atoms. The Kier molecular flexibility index (Phi) is 11.8. The lowest BCUT2D eigenvalue weighted by atomic mass is 10.2. The average molecular weight is 692 g/mol. The minimum absolute atomic E-state index is 0.0831. The van der Waals surface area contributed by atoms with Gasteiger partial charge in [0.25, 0.3) is 0 Å². The highest BCUT2D eigenvalue weighted by molar-refractivity contribution is 7.60. The lowest BCUT2D eigenvalue weighted by molar-refractivity contribution is 0.0723. The number of nitrogens with one attached hydrogen (secondary N) is 1. The summed E-state index contributed by atoms with van der Waals surface area (Å²) in [5.74, 6) is -0.597. The highest BCUT2D eigenvalue weighted by atomic mass is 35.5. The van der Waals surface area contributed by atoms with Gasteiger partial charge in [-0.15, -0.1) is 0 Å². The number of fused-ring (bicyclic) bond motifs is 1. The molecule has 2 heterocycles. The van der Waals surface area contributed by atoms with Crippen LogP contribution in [0.15, 0.2) is 67.0 Å². The van der Waals surface area contributed by atoms with Crippen LogP contribution < -0.4 is 5.32 Å². The maximum Gasteiger partial charge on any atom is 0.481 e. The van der Waals surface area contributed by atoms with Gasteiger partial charge in [-0.25, -0.2) is 18.7 Å². The second kappa shape index (κ2) is 15.2. The summed E-state index contributed by atoms with van der Waals surface area (Å²) in [6.45, 7) is -1.44. The second-order valence-corrected chi connectivity index (χ2v) is 14.0. The molecule has 0 spiro atoms. The number of benzene rings is 2. The summed E-state index contributed by atoms with van der Waals surface area (Å²) in [7, 11) is -13.3.